The van der Waals surface area contributed by atoms with Gasteiger partial charge in [-0.3, -0.25) is 0 Å². The van der Waals surface area contributed by atoms with E-state index < -0.39 is 0 Å². The number of para-hydroxylation sites is 1. The smallest absolute Gasteiger partial charge is 0.153 e. The van der Waals surface area contributed by atoms with E-state index in [-0.39, 0.29) is 5.41 Å². The van der Waals surface area contributed by atoms with Crippen LogP contribution in [0.3, 0.4) is 0 Å². The summed E-state index contributed by atoms with van der Waals surface area (Å²) in [5, 5.41) is 5.50. The standard InChI is InChI=1S/C23H23NO2/c1-3-13-25-24-22(21-14-17-9-7-8-12-20(17)26-21)18-15-23(2,16-18)19-10-5-4-6-11-19/h3-12,14,18H,1,13,15-16H2,2H3. The van der Waals surface area contributed by atoms with Gasteiger partial charge in [0.1, 0.15) is 17.9 Å². The molecule has 0 N–H and O–H groups in total. The van der Waals surface area contributed by atoms with Crippen molar-refractivity contribution in [2.75, 3.05) is 6.61 Å². The van der Waals surface area contributed by atoms with Crippen molar-refractivity contribution in [3.05, 3.63) is 84.6 Å². The Morgan fingerprint density at radius 2 is 1.92 bits per heavy atom. The minimum absolute atomic E-state index is 0.178. The second-order valence-electron chi connectivity index (χ2n) is 7.24. The topological polar surface area (TPSA) is 34.7 Å². The van der Waals surface area contributed by atoms with Crippen molar-refractivity contribution in [1.29, 1.82) is 0 Å². The normalized spacial score (nSPS) is 22.8. The summed E-state index contributed by atoms with van der Waals surface area (Å²) >= 11 is 0. The molecule has 0 spiro atoms. The summed E-state index contributed by atoms with van der Waals surface area (Å²) in [5.41, 5.74) is 3.34. The maximum atomic E-state index is 6.05. The van der Waals surface area contributed by atoms with Crippen LogP contribution in [0.25, 0.3) is 11.0 Å². The van der Waals surface area contributed by atoms with Crippen molar-refractivity contribution in [3.63, 3.8) is 0 Å². The Morgan fingerprint density at radius 1 is 1.19 bits per heavy atom. The highest BCUT2D eigenvalue weighted by atomic mass is 16.6. The van der Waals surface area contributed by atoms with E-state index in [2.05, 4.69) is 61.1 Å². The maximum absolute atomic E-state index is 6.05. The van der Waals surface area contributed by atoms with Gasteiger partial charge in [0.2, 0.25) is 0 Å². The summed E-state index contributed by atoms with van der Waals surface area (Å²) in [4.78, 5) is 5.44. The third kappa shape index (κ3) is 3.05. The molecule has 2 aromatic carbocycles. The molecule has 132 valence electrons. The Labute approximate surface area is 154 Å². The van der Waals surface area contributed by atoms with Crippen molar-refractivity contribution in [2.45, 2.75) is 25.2 Å². The summed E-state index contributed by atoms with van der Waals surface area (Å²) in [5.74, 6) is 1.13. The van der Waals surface area contributed by atoms with Crippen LogP contribution in [0.2, 0.25) is 0 Å². The molecule has 3 aromatic rings. The molecule has 3 heteroatoms. The number of fused-ring (bicyclic) bond motifs is 1. The van der Waals surface area contributed by atoms with E-state index in [1.54, 1.807) is 6.08 Å². The zero-order valence-corrected chi connectivity index (χ0v) is 15.0. The van der Waals surface area contributed by atoms with E-state index >= 15 is 0 Å². The molecular weight excluding hydrogens is 322 g/mol. The lowest BCUT2D eigenvalue weighted by molar-refractivity contribution is 0.161. The van der Waals surface area contributed by atoms with Gasteiger partial charge in [-0.2, -0.15) is 0 Å². The molecule has 0 radical (unpaired) electrons. The third-order valence-corrected chi connectivity index (χ3v) is 5.28. The number of oxime groups is 1. The van der Waals surface area contributed by atoms with Gasteiger partial charge < -0.3 is 9.25 Å². The fourth-order valence-corrected chi connectivity index (χ4v) is 3.89. The number of hydrogen-bond acceptors (Lipinski definition) is 3. The van der Waals surface area contributed by atoms with Crippen LogP contribution in [-0.4, -0.2) is 12.3 Å². The highest BCUT2D eigenvalue weighted by molar-refractivity contribution is 6.03. The molecule has 3 nitrogen and oxygen atoms in total. The average molecular weight is 345 g/mol. The minimum Gasteiger partial charge on any atom is -0.455 e. The predicted octanol–water partition coefficient (Wildman–Crippen LogP) is 5.71. The van der Waals surface area contributed by atoms with Gasteiger partial charge in [0.05, 0.1) is 0 Å². The molecule has 0 amide bonds. The summed E-state index contributed by atoms with van der Waals surface area (Å²) in [6, 6.07) is 20.8. The van der Waals surface area contributed by atoms with Crippen LogP contribution in [0.15, 0.2) is 82.9 Å². The highest BCUT2D eigenvalue weighted by Crippen LogP contribution is 2.49. The molecule has 0 saturated heterocycles. The Morgan fingerprint density at radius 3 is 2.65 bits per heavy atom. The average Bonchev–Trinajstić information content (AvgIpc) is 3.07. The van der Waals surface area contributed by atoms with Crippen LogP contribution in [-0.2, 0) is 10.3 Å². The van der Waals surface area contributed by atoms with Gasteiger partial charge in [-0.1, -0.05) is 73.3 Å². The van der Waals surface area contributed by atoms with Crippen LogP contribution < -0.4 is 0 Å². The van der Waals surface area contributed by atoms with Gasteiger partial charge >= 0.3 is 0 Å². The number of nitrogens with zero attached hydrogens (tertiary/aromatic N) is 1. The molecule has 1 aromatic heterocycles. The van der Waals surface area contributed by atoms with Crippen LogP contribution >= 0.6 is 0 Å². The zero-order valence-electron chi connectivity index (χ0n) is 15.0. The monoisotopic (exact) mass is 345 g/mol. The zero-order chi connectivity index (χ0) is 18.0. The molecule has 26 heavy (non-hydrogen) atoms. The van der Waals surface area contributed by atoms with Crippen molar-refractivity contribution in [3.8, 4) is 0 Å². The van der Waals surface area contributed by atoms with Gasteiger partial charge in [0, 0.05) is 11.3 Å². The molecule has 4 rings (SSSR count). The first-order chi connectivity index (χ1) is 12.7. The number of rotatable bonds is 6. The Kier molecular flexibility index (Phi) is 4.37. The van der Waals surface area contributed by atoms with Crippen molar-refractivity contribution < 1.29 is 9.25 Å². The molecule has 0 aliphatic heterocycles. The summed E-state index contributed by atoms with van der Waals surface area (Å²) in [6.45, 7) is 6.40. The SMILES string of the molecule is C=CCON=C(c1cc2ccccc2o1)C1CC(C)(c2ccccc2)C1. The third-order valence-electron chi connectivity index (χ3n) is 5.28. The molecule has 0 atom stereocenters. The fraction of sp³-hybridized carbons (Fsp3) is 0.261. The molecule has 1 fully saturated rings. The fourth-order valence-electron chi connectivity index (χ4n) is 3.89. The highest BCUT2D eigenvalue weighted by Gasteiger charge is 2.45. The largest absolute Gasteiger partial charge is 0.455 e. The Balaban J connectivity index is 1.61. The van der Waals surface area contributed by atoms with Crippen LogP contribution in [0.5, 0.6) is 0 Å². The van der Waals surface area contributed by atoms with E-state index in [4.69, 9.17) is 9.25 Å². The van der Waals surface area contributed by atoms with E-state index in [1.807, 2.05) is 18.2 Å². The van der Waals surface area contributed by atoms with Gasteiger partial charge in [0.15, 0.2) is 5.76 Å². The Hall–Kier alpha value is -2.81. The summed E-state index contributed by atoms with van der Waals surface area (Å²) in [7, 11) is 0. The lowest BCUT2D eigenvalue weighted by atomic mass is 9.58. The molecule has 1 aliphatic rings. The minimum atomic E-state index is 0.178. The van der Waals surface area contributed by atoms with E-state index in [0.717, 1.165) is 35.3 Å². The van der Waals surface area contributed by atoms with Crippen molar-refractivity contribution in [2.24, 2.45) is 11.1 Å². The van der Waals surface area contributed by atoms with Crippen LogP contribution in [0.4, 0.5) is 0 Å². The van der Waals surface area contributed by atoms with Gasteiger partial charge in [0.25, 0.3) is 0 Å². The number of hydrogen-bond donors (Lipinski definition) is 0. The van der Waals surface area contributed by atoms with Gasteiger partial charge in [-0.25, -0.2) is 0 Å². The summed E-state index contributed by atoms with van der Waals surface area (Å²) in [6.07, 6.45) is 3.77. The second-order valence-corrected chi connectivity index (χ2v) is 7.24. The van der Waals surface area contributed by atoms with Crippen LogP contribution in [0.1, 0.15) is 31.1 Å². The van der Waals surface area contributed by atoms with E-state index in [1.165, 1.54) is 5.56 Å². The molecule has 1 aliphatic carbocycles. The molecule has 0 bridgehead atoms. The van der Waals surface area contributed by atoms with Gasteiger partial charge in [-0.15, -0.1) is 0 Å². The predicted molar refractivity (Wildman–Crippen MR) is 105 cm³/mol. The number of furan rings is 1. The molecular formula is C23H23NO2. The lowest BCUT2D eigenvalue weighted by Crippen LogP contribution is -2.42. The number of benzene rings is 2. The molecule has 1 heterocycles. The van der Waals surface area contributed by atoms with Crippen LogP contribution in [0, 0.1) is 5.92 Å². The van der Waals surface area contributed by atoms with Crippen molar-refractivity contribution >= 4 is 16.7 Å². The second kappa shape index (κ2) is 6.83. The Bertz CT molecular complexity index is 900. The molecule has 1 saturated carbocycles. The molecule has 0 unspecified atom stereocenters. The lowest BCUT2D eigenvalue weighted by Gasteiger charge is -2.45. The van der Waals surface area contributed by atoms with E-state index in [9.17, 15) is 0 Å². The first-order valence-corrected chi connectivity index (χ1v) is 9.05. The first kappa shape index (κ1) is 16.6. The van der Waals surface area contributed by atoms with Gasteiger partial charge in [-0.05, 0) is 36.0 Å². The first-order valence-electron chi connectivity index (χ1n) is 9.05. The summed E-state index contributed by atoms with van der Waals surface area (Å²) < 4.78 is 6.05. The maximum Gasteiger partial charge on any atom is 0.153 e. The van der Waals surface area contributed by atoms with Crippen molar-refractivity contribution in [1.82, 2.24) is 0 Å². The quantitative estimate of drug-likeness (QED) is 0.248. The van der Waals surface area contributed by atoms with E-state index in [0.29, 0.717) is 12.5 Å².